The average Bonchev–Trinajstić information content (AvgIpc) is 3.30. The highest BCUT2D eigenvalue weighted by Gasteiger charge is 2.16. The van der Waals surface area contributed by atoms with E-state index in [1.807, 2.05) is 0 Å². The molecular formula is C16H16N8O5. The van der Waals surface area contributed by atoms with E-state index in [2.05, 4.69) is 30.9 Å². The molecule has 0 fully saturated rings. The maximum absolute atomic E-state index is 12.3. The molecule has 3 rings (SSSR count). The molecule has 0 bridgehead atoms. The van der Waals surface area contributed by atoms with Crippen molar-refractivity contribution in [3.05, 3.63) is 30.1 Å². The second kappa shape index (κ2) is 8.24. The van der Waals surface area contributed by atoms with Crippen molar-refractivity contribution in [2.45, 2.75) is 20.0 Å². The van der Waals surface area contributed by atoms with E-state index in [1.54, 1.807) is 6.92 Å². The molecule has 3 aromatic heterocycles. The van der Waals surface area contributed by atoms with Crippen LogP contribution in [-0.4, -0.2) is 69.6 Å². The summed E-state index contributed by atoms with van der Waals surface area (Å²) in [6.45, 7) is 1.43. The lowest BCUT2D eigenvalue weighted by Gasteiger charge is -2.06. The number of aromatic nitrogens is 7. The van der Waals surface area contributed by atoms with Crippen LogP contribution in [-0.2, 0) is 22.7 Å². The number of aliphatic carboxylic acids is 2. The minimum absolute atomic E-state index is 0.261. The van der Waals surface area contributed by atoms with Crippen molar-refractivity contribution in [2.24, 2.45) is 0 Å². The van der Waals surface area contributed by atoms with Crippen molar-refractivity contribution in [2.75, 3.05) is 6.54 Å². The quantitative estimate of drug-likeness (QED) is 0.447. The Kier molecular flexibility index (Phi) is 5.57. The highest BCUT2D eigenvalue weighted by molar-refractivity contribution is 5.96. The van der Waals surface area contributed by atoms with E-state index in [-0.39, 0.29) is 47.3 Å². The summed E-state index contributed by atoms with van der Waals surface area (Å²) in [5.41, 5.74) is 1.34. The predicted molar refractivity (Wildman–Crippen MR) is 95.5 cm³/mol. The number of carboxylic acids is 2. The number of carbonyl (C=O) groups excluding carboxylic acids is 1. The second-order valence-corrected chi connectivity index (χ2v) is 5.88. The molecule has 29 heavy (non-hydrogen) atoms. The zero-order valence-electron chi connectivity index (χ0n) is 15.2. The Bertz CT molecular complexity index is 1000. The van der Waals surface area contributed by atoms with Gasteiger partial charge in [-0.2, -0.15) is 0 Å². The zero-order chi connectivity index (χ0) is 21.0. The number of hydrogen-bond donors (Lipinski definition) is 3. The SMILES string of the molecule is CCNC(=O)c1cc(-c2cn(CC(=O)O)nn2)nc(-c2cn(CC(=O)O)nn2)c1. The molecule has 0 saturated carbocycles. The highest BCUT2D eigenvalue weighted by atomic mass is 16.4. The third-order valence-corrected chi connectivity index (χ3v) is 3.62. The first-order valence-corrected chi connectivity index (χ1v) is 8.40. The molecule has 13 heteroatoms. The van der Waals surface area contributed by atoms with Gasteiger partial charge in [-0.05, 0) is 19.1 Å². The number of nitrogens with zero attached hydrogens (tertiary/aromatic N) is 7. The average molecular weight is 400 g/mol. The van der Waals surface area contributed by atoms with E-state index >= 15 is 0 Å². The first-order chi connectivity index (χ1) is 13.9. The topological polar surface area (TPSA) is 178 Å². The molecule has 3 N–H and O–H groups in total. The van der Waals surface area contributed by atoms with Crippen LogP contribution in [0.25, 0.3) is 22.8 Å². The van der Waals surface area contributed by atoms with Crippen LogP contribution in [0.4, 0.5) is 0 Å². The number of rotatable bonds is 8. The van der Waals surface area contributed by atoms with Crippen molar-refractivity contribution < 1.29 is 24.6 Å². The minimum Gasteiger partial charge on any atom is -0.480 e. The van der Waals surface area contributed by atoms with Crippen LogP contribution in [0, 0.1) is 0 Å². The smallest absolute Gasteiger partial charge is 0.325 e. The summed E-state index contributed by atoms with van der Waals surface area (Å²) >= 11 is 0. The fraction of sp³-hybridized carbons (Fsp3) is 0.250. The Labute approximate surface area is 163 Å². The summed E-state index contributed by atoms with van der Waals surface area (Å²) in [6, 6.07) is 2.98. The van der Waals surface area contributed by atoms with Crippen LogP contribution in [0.3, 0.4) is 0 Å². The van der Waals surface area contributed by atoms with Gasteiger partial charge in [-0.1, -0.05) is 10.4 Å². The molecule has 150 valence electrons. The van der Waals surface area contributed by atoms with Gasteiger partial charge in [-0.25, -0.2) is 14.3 Å². The Hall–Kier alpha value is -4.16. The lowest BCUT2D eigenvalue weighted by molar-refractivity contribution is -0.138. The maximum atomic E-state index is 12.3. The Morgan fingerprint density at radius 2 is 1.38 bits per heavy atom. The highest BCUT2D eigenvalue weighted by Crippen LogP contribution is 2.22. The Balaban J connectivity index is 2.03. The molecule has 0 atom stereocenters. The van der Waals surface area contributed by atoms with Crippen molar-refractivity contribution >= 4 is 17.8 Å². The van der Waals surface area contributed by atoms with Gasteiger partial charge in [0.25, 0.3) is 5.91 Å². The number of nitrogens with one attached hydrogen (secondary N) is 1. The van der Waals surface area contributed by atoms with Crippen LogP contribution in [0.2, 0.25) is 0 Å². The third-order valence-electron chi connectivity index (χ3n) is 3.62. The van der Waals surface area contributed by atoms with Gasteiger partial charge in [-0.3, -0.25) is 14.4 Å². The zero-order valence-corrected chi connectivity index (χ0v) is 15.2. The van der Waals surface area contributed by atoms with Gasteiger partial charge in [0, 0.05) is 12.1 Å². The normalized spacial score (nSPS) is 10.7. The van der Waals surface area contributed by atoms with E-state index in [1.165, 1.54) is 24.5 Å². The van der Waals surface area contributed by atoms with Crippen molar-refractivity contribution in [3.63, 3.8) is 0 Å². The molecule has 1 amide bonds. The largest absolute Gasteiger partial charge is 0.480 e. The van der Waals surface area contributed by atoms with Gasteiger partial charge in [-0.15, -0.1) is 10.2 Å². The van der Waals surface area contributed by atoms with E-state index in [9.17, 15) is 14.4 Å². The number of pyridine rings is 1. The molecule has 0 spiro atoms. The molecule has 0 saturated heterocycles. The molecule has 0 aliphatic rings. The Morgan fingerprint density at radius 3 is 1.79 bits per heavy atom. The standard InChI is InChI=1S/C16H16N8O5/c1-2-17-16(29)9-3-10(12-5-23(21-19-12)7-14(25)26)18-11(4-9)13-6-24(22-20-13)8-15(27)28/h3-6H,2,7-8H2,1H3,(H,17,29)(H,25,26)(H,27,28). The van der Waals surface area contributed by atoms with Gasteiger partial charge >= 0.3 is 11.9 Å². The van der Waals surface area contributed by atoms with Crippen LogP contribution in [0.1, 0.15) is 17.3 Å². The van der Waals surface area contributed by atoms with Gasteiger partial charge in [0.15, 0.2) is 0 Å². The summed E-state index contributed by atoms with van der Waals surface area (Å²) in [4.78, 5) is 38.4. The summed E-state index contributed by atoms with van der Waals surface area (Å²) in [6.07, 6.45) is 2.78. The monoisotopic (exact) mass is 400 g/mol. The summed E-state index contributed by atoms with van der Waals surface area (Å²) in [7, 11) is 0. The molecule has 3 aromatic rings. The Morgan fingerprint density at radius 1 is 0.897 bits per heavy atom. The first kappa shape index (κ1) is 19.6. The van der Waals surface area contributed by atoms with E-state index in [4.69, 9.17) is 10.2 Å². The number of carboxylic acid groups (broad SMARTS) is 2. The van der Waals surface area contributed by atoms with Crippen molar-refractivity contribution in [1.82, 2.24) is 40.3 Å². The molecule has 0 unspecified atom stereocenters. The number of amides is 1. The van der Waals surface area contributed by atoms with E-state index in [0.29, 0.717) is 6.54 Å². The van der Waals surface area contributed by atoms with Crippen molar-refractivity contribution in [1.29, 1.82) is 0 Å². The minimum atomic E-state index is -1.08. The van der Waals surface area contributed by atoms with Gasteiger partial charge < -0.3 is 15.5 Å². The molecule has 13 nitrogen and oxygen atoms in total. The molecule has 0 aromatic carbocycles. The maximum Gasteiger partial charge on any atom is 0.325 e. The van der Waals surface area contributed by atoms with E-state index < -0.39 is 11.9 Å². The predicted octanol–water partition coefficient (Wildman–Crippen LogP) is -0.482. The first-order valence-electron chi connectivity index (χ1n) is 8.40. The molecule has 0 aliphatic heterocycles. The number of hydrogen-bond acceptors (Lipinski definition) is 8. The van der Waals surface area contributed by atoms with Crippen molar-refractivity contribution in [3.8, 4) is 22.8 Å². The second-order valence-electron chi connectivity index (χ2n) is 5.88. The summed E-state index contributed by atoms with van der Waals surface area (Å²) in [5, 5.41) is 35.7. The van der Waals surface area contributed by atoms with Gasteiger partial charge in [0.05, 0.1) is 23.8 Å². The molecule has 0 aliphatic carbocycles. The van der Waals surface area contributed by atoms with Gasteiger partial charge in [0.1, 0.15) is 24.5 Å². The molecule has 0 radical (unpaired) electrons. The summed E-state index contributed by atoms with van der Waals surface area (Å²) in [5.74, 6) is -2.52. The fourth-order valence-corrected chi connectivity index (χ4v) is 2.45. The van der Waals surface area contributed by atoms with E-state index in [0.717, 1.165) is 9.36 Å². The van der Waals surface area contributed by atoms with Crippen LogP contribution in [0.5, 0.6) is 0 Å². The fourth-order valence-electron chi connectivity index (χ4n) is 2.45. The van der Waals surface area contributed by atoms with Gasteiger partial charge in [0.2, 0.25) is 0 Å². The number of carbonyl (C=O) groups is 3. The lowest BCUT2D eigenvalue weighted by Crippen LogP contribution is -2.22. The van der Waals surface area contributed by atoms with Crippen LogP contribution >= 0.6 is 0 Å². The molecular weight excluding hydrogens is 384 g/mol. The third kappa shape index (κ3) is 4.77. The summed E-state index contributed by atoms with van der Waals surface area (Å²) < 4.78 is 2.25. The van der Waals surface area contributed by atoms with Crippen LogP contribution < -0.4 is 5.32 Å². The molecule has 3 heterocycles. The lowest BCUT2D eigenvalue weighted by atomic mass is 10.1. The van der Waals surface area contributed by atoms with Crippen LogP contribution in [0.15, 0.2) is 24.5 Å².